The van der Waals surface area contributed by atoms with E-state index in [9.17, 15) is 13.2 Å². The van der Waals surface area contributed by atoms with Crippen molar-refractivity contribution in [2.24, 2.45) is 0 Å². The van der Waals surface area contributed by atoms with E-state index in [1.165, 1.54) is 0 Å². The van der Waals surface area contributed by atoms with Crippen LogP contribution in [0.3, 0.4) is 0 Å². The highest BCUT2D eigenvalue weighted by Gasteiger charge is 2.49. The molecule has 2 saturated heterocycles. The molecule has 24 heavy (non-hydrogen) atoms. The number of fused-ring (bicyclic) bond motifs is 1. The molecule has 2 aliphatic rings. The average molecular weight is 342 g/mol. The molecular formula is C18H18N2O3S. The van der Waals surface area contributed by atoms with Crippen molar-refractivity contribution in [1.29, 1.82) is 0 Å². The smallest absolute Gasteiger partial charge is 0.246 e. The molecule has 2 heterocycles. The van der Waals surface area contributed by atoms with E-state index in [1.54, 1.807) is 4.90 Å². The minimum atomic E-state index is -3.17. The summed E-state index contributed by atoms with van der Waals surface area (Å²) in [7, 11) is -3.17. The van der Waals surface area contributed by atoms with Crippen molar-refractivity contribution in [2.45, 2.75) is 12.1 Å². The largest absolute Gasteiger partial charge is 0.356 e. The molecule has 2 fully saturated rings. The fraction of sp³-hybridized carbons (Fsp3) is 0.278. The number of rotatable bonds is 2. The van der Waals surface area contributed by atoms with Gasteiger partial charge in [-0.2, -0.15) is 0 Å². The summed E-state index contributed by atoms with van der Waals surface area (Å²) >= 11 is 0. The molecule has 6 heteroatoms. The number of hydrogen-bond acceptors (Lipinski definition) is 4. The molecule has 0 aromatic heterocycles. The van der Waals surface area contributed by atoms with Crippen molar-refractivity contribution >= 4 is 27.1 Å². The molecule has 0 unspecified atom stereocenters. The number of nitrogens with zero attached hydrogens (tertiary/aromatic N) is 2. The standard InChI is InChI=1S/C18H18N2O3S/c21-18-11-19(14-7-3-1-4-8-14)16-12-24(22,23)13-17(16)20(18)15-9-5-2-6-10-15/h1-10,16-17H,11-13H2/t16-,17-/m1/s1. The van der Waals surface area contributed by atoms with Crippen LogP contribution >= 0.6 is 0 Å². The molecule has 124 valence electrons. The van der Waals surface area contributed by atoms with Gasteiger partial charge < -0.3 is 9.80 Å². The zero-order valence-electron chi connectivity index (χ0n) is 13.1. The van der Waals surface area contributed by atoms with Gasteiger partial charge in [0.1, 0.15) is 0 Å². The number of para-hydroxylation sites is 2. The molecule has 0 saturated carbocycles. The summed E-state index contributed by atoms with van der Waals surface area (Å²) in [6.45, 7) is 0.190. The Hall–Kier alpha value is -2.34. The Morgan fingerprint density at radius 2 is 1.33 bits per heavy atom. The van der Waals surface area contributed by atoms with Crippen LogP contribution in [0.25, 0.3) is 0 Å². The van der Waals surface area contributed by atoms with E-state index in [0.29, 0.717) is 0 Å². The monoisotopic (exact) mass is 342 g/mol. The average Bonchev–Trinajstić information content (AvgIpc) is 2.90. The van der Waals surface area contributed by atoms with E-state index in [2.05, 4.69) is 0 Å². The highest BCUT2D eigenvalue weighted by atomic mass is 32.2. The summed E-state index contributed by atoms with van der Waals surface area (Å²) in [4.78, 5) is 16.4. The van der Waals surface area contributed by atoms with E-state index in [0.717, 1.165) is 11.4 Å². The van der Waals surface area contributed by atoms with Crippen LogP contribution in [0.4, 0.5) is 11.4 Å². The molecule has 0 N–H and O–H groups in total. The second-order valence-electron chi connectivity index (χ2n) is 6.27. The number of piperazine rings is 1. The molecule has 0 aliphatic carbocycles. The van der Waals surface area contributed by atoms with Crippen LogP contribution in [0.15, 0.2) is 60.7 Å². The highest BCUT2D eigenvalue weighted by molar-refractivity contribution is 7.91. The summed E-state index contributed by atoms with van der Waals surface area (Å²) in [6, 6.07) is 18.3. The maximum Gasteiger partial charge on any atom is 0.246 e. The topological polar surface area (TPSA) is 57.7 Å². The Kier molecular flexibility index (Phi) is 3.57. The van der Waals surface area contributed by atoms with Crippen LogP contribution in [0.1, 0.15) is 0 Å². The van der Waals surface area contributed by atoms with Crippen molar-refractivity contribution in [1.82, 2.24) is 0 Å². The number of sulfone groups is 1. The zero-order valence-corrected chi connectivity index (χ0v) is 13.9. The van der Waals surface area contributed by atoms with Gasteiger partial charge in [0.05, 0.1) is 30.1 Å². The van der Waals surface area contributed by atoms with Gasteiger partial charge in [-0.25, -0.2) is 8.42 Å². The maximum absolute atomic E-state index is 12.8. The maximum atomic E-state index is 12.8. The third kappa shape index (κ3) is 2.57. The Morgan fingerprint density at radius 3 is 1.96 bits per heavy atom. The second kappa shape index (κ2) is 5.63. The number of carbonyl (C=O) groups excluding carboxylic acids is 1. The highest BCUT2D eigenvalue weighted by Crippen LogP contribution is 2.34. The fourth-order valence-corrected chi connectivity index (χ4v) is 5.66. The Labute approximate surface area is 141 Å². The van der Waals surface area contributed by atoms with E-state index >= 15 is 0 Å². The van der Waals surface area contributed by atoms with Gasteiger partial charge in [-0.1, -0.05) is 36.4 Å². The first-order chi connectivity index (χ1) is 11.6. The summed E-state index contributed by atoms with van der Waals surface area (Å²) in [5, 5.41) is 0. The first-order valence-corrected chi connectivity index (χ1v) is 9.76. The minimum Gasteiger partial charge on any atom is -0.356 e. The number of carbonyl (C=O) groups is 1. The van der Waals surface area contributed by atoms with Gasteiger partial charge in [-0.15, -0.1) is 0 Å². The van der Waals surface area contributed by atoms with Crippen molar-refractivity contribution in [3.8, 4) is 0 Å². The van der Waals surface area contributed by atoms with Crippen molar-refractivity contribution in [2.75, 3.05) is 27.9 Å². The lowest BCUT2D eigenvalue weighted by molar-refractivity contribution is -0.118. The summed E-state index contributed by atoms with van der Waals surface area (Å²) < 4.78 is 24.6. The van der Waals surface area contributed by atoms with E-state index < -0.39 is 9.84 Å². The van der Waals surface area contributed by atoms with E-state index in [4.69, 9.17) is 0 Å². The lowest BCUT2D eigenvalue weighted by Gasteiger charge is -2.44. The van der Waals surface area contributed by atoms with Crippen LogP contribution in [-0.2, 0) is 14.6 Å². The fourth-order valence-electron chi connectivity index (χ4n) is 3.71. The molecule has 2 aromatic rings. The van der Waals surface area contributed by atoms with Gasteiger partial charge in [0.25, 0.3) is 0 Å². The number of amides is 1. The van der Waals surface area contributed by atoms with E-state index in [-0.39, 0.29) is 36.0 Å². The lowest BCUT2D eigenvalue weighted by atomic mass is 10.0. The third-order valence-electron chi connectivity index (χ3n) is 4.72. The van der Waals surface area contributed by atoms with Crippen molar-refractivity contribution < 1.29 is 13.2 Å². The minimum absolute atomic E-state index is 0.0155. The summed E-state index contributed by atoms with van der Waals surface area (Å²) in [6.07, 6.45) is 0. The second-order valence-corrected chi connectivity index (χ2v) is 8.43. The summed E-state index contributed by atoms with van der Waals surface area (Å²) in [5.74, 6) is 0.0357. The first kappa shape index (κ1) is 15.2. The lowest BCUT2D eigenvalue weighted by Crippen LogP contribution is -2.62. The zero-order chi connectivity index (χ0) is 16.7. The molecule has 0 spiro atoms. The van der Waals surface area contributed by atoms with E-state index in [1.807, 2.05) is 65.6 Å². The molecule has 4 rings (SSSR count). The summed E-state index contributed by atoms with van der Waals surface area (Å²) in [5.41, 5.74) is 1.66. The van der Waals surface area contributed by atoms with Gasteiger partial charge >= 0.3 is 0 Å². The molecule has 5 nitrogen and oxygen atoms in total. The molecule has 2 atom stereocenters. The van der Waals surface area contributed by atoms with Crippen LogP contribution in [0.2, 0.25) is 0 Å². The first-order valence-electron chi connectivity index (χ1n) is 7.94. The van der Waals surface area contributed by atoms with Crippen LogP contribution in [0, 0.1) is 0 Å². The van der Waals surface area contributed by atoms with Gasteiger partial charge in [0, 0.05) is 11.4 Å². The Balaban J connectivity index is 1.77. The normalized spacial score (nSPS) is 25.6. The molecule has 1 amide bonds. The van der Waals surface area contributed by atoms with Gasteiger partial charge in [0.15, 0.2) is 9.84 Å². The number of anilines is 2. The molecule has 2 aromatic carbocycles. The third-order valence-corrected chi connectivity index (χ3v) is 6.42. The quantitative estimate of drug-likeness (QED) is 0.834. The van der Waals surface area contributed by atoms with Crippen LogP contribution in [0.5, 0.6) is 0 Å². The Bertz CT molecular complexity index is 852. The number of hydrogen-bond donors (Lipinski definition) is 0. The van der Waals surface area contributed by atoms with Crippen molar-refractivity contribution in [3.63, 3.8) is 0 Å². The predicted molar refractivity (Wildman–Crippen MR) is 93.9 cm³/mol. The SMILES string of the molecule is O=C1CN(c2ccccc2)[C@@H]2CS(=O)(=O)C[C@H]2N1c1ccccc1. The van der Waals surface area contributed by atoms with Crippen LogP contribution < -0.4 is 9.80 Å². The van der Waals surface area contributed by atoms with Crippen LogP contribution in [-0.4, -0.2) is 44.5 Å². The molecule has 0 radical (unpaired) electrons. The number of benzene rings is 2. The predicted octanol–water partition coefficient (Wildman–Crippen LogP) is 1.71. The molecule has 2 aliphatic heterocycles. The van der Waals surface area contributed by atoms with Gasteiger partial charge in [-0.05, 0) is 24.3 Å². The molecule has 0 bridgehead atoms. The molecular weight excluding hydrogens is 324 g/mol. The van der Waals surface area contributed by atoms with Gasteiger partial charge in [-0.3, -0.25) is 4.79 Å². The Morgan fingerprint density at radius 1 is 0.792 bits per heavy atom. The van der Waals surface area contributed by atoms with Crippen molar-refractivity contribution in [3.05, 3.63) is 60.7 Å². The van der Waals surface area contributed by atoms with Gasteiger partial charge in [0.2, 0.25) is 5.91 Å².